The van der Waals surface area contributed by atoms with E-state index in [1.807, 2.05) is 36.4 Å². The van der Waals surface area contributed by atoms with Gasteiger partial charge in [0.05, 0.1) is 10.8 Å². The van der Waals surface area contributed by atoms with E-state index < -0.39 is 0 Å². The second kappa shape index (κ2) is 22.1. The summed E-state index contributed by atoms with van der Waals surface area (Å²) >= 11 is 5.75. The van der Waals surface area contributed by atoms with Gasteiger partial charge in [0, 0.05) is 30.6 Å². The number of fused-ring (bicyclic) bond motifs is 4. The first kappa shape index (κ1) is 48.1. The average Bonchev–Trinajstić information content (AvgIpc) is 3.78. The molecule has 4 nitrogen and oxygen atoms in total. The van der Waals surface area contributed by atoms with Gasteiger partial charge in [-0.2, -0.15) is 0 Å². The molecule has 348 valence electrons. The molecule has 0 atom stereocenters. The van der Waals surface area contributed by atoms with Gasteiger partial charge in [-0.15, -0.1) is 11.6 Å². The van der Waals surface area contributed by atoms with Crippen LogP contribution in [0.2, 0.25) is 0 Å². The lowest BCUT2D eigenvalue weighted by Gasteiger charge is -2.39. The first-order chi connectivity index (χ1) is 32.6. The highest BCUT2D eigenvalue weighted by atomic mass is 35.5. The maximum atomic E-state index is 13.5. The summed E-state index contributed by atoms with van der Waals surface area (Å²) in [6.45, 7) is 4.76. The molecule has 6 aromatic rings. The third kappa shape index (κ3) is 11.1. The van der Waals surface area contributed by atoms with Crippen LogP contribution in [0.3, 0.4) is 0 Å². The number of nitrogens with one attached hydrogen (secondary N) is 1. The SMILES string of the molecule is Fc1ccc(C(CCCCl)c2ccc(F)cc2)cc1.O=C1Cc2ccccc2C12CCN(CCCC(c1ccc(F)cc1)c1ccc(F)cc1)CC2.O=C1Cc2ccccc2C12CCNCC2. The Labute approximate surface area is 397 Å². The molecule has 0 saturated carbocycles. The highest BCUT2D eigenvalue weighted by Gasteiger charge is 2.48. The molecule has 4 aliphatic rings. The number of benzene rings is 6. The van der Waals surface area contributed by atoms with E-state index in [4.69, 9.17) is 11.6 Å². The van der Waals surface area contributed by atoms with Crippen LogP contribution in [-0.4, -0.2) is 55.1 Å². The summed E-state index contributed by atoms with van der Waals surface area (Å²) in [7, 11) is 0. The van der Waals surface area contributed by atoms with Crippen LogP contribution in [0.4, 0.5) is 17.6 Å². The van der Waals surface area contributed by atoms with Crippen molar-refractivity contribution in [3.8, 4) is 0 Å². The minimum absolute atomic E-state index is 0.102. The Bertz CT molecular complexity index is 2480. The molecule has 0 amide bonds. The van der Waals surface area contributed by atoms with E-state index in [1.54, 1.807) is 24.3 Å². The van der Waals surface area contributed by atoms with Gasteiger partial charge in [0.1, 0.15) is 34.8 Å². The zero-order valence-corrected chi connectivity index (χ0v) is 38.7. The van der Waals surface area contributed by atoms with Crippen LogP contribution >= 0.6 is 11.6 Å². The summed E-state index contributed by atoms with van der Waals surface area (Å²) in [5.74, 6) is 0.632. The van der Waals surface area contributed by atoms with E-state index in [0.29, 0.717) is 30.3 Å². The Morgan fingerprint density at radius 3 is 1.24 bits per heavy atom. The molecule has 2 heterocycles. The van der Waals surface area contributed by atoms with Crippen LogP contribution in [0, 0.1) is 23.3 Å². The number of ketones is 2. The van der Waals surface area contributed by atoms with E-state index in [0.717, 1.165) is 106 Å². The van der Waals surface area contributed by atoms with Gasteiger partial charge >= 0.3 is 0 Å². The van der Waals surface area contributed by atoms with Gasteiger partial charge < -0.3 is 10.2 Å². The van der Waals surface area contributed by atoms with Crippen LogP contribution in [0.5, 0.6) is 0 Å². The molecule has 1 N–H and O–H groups in total. The summed E-state index contributed by atoms with van der Waals surface area (Å²) in [4.78, 5) is 27.6. The summed E-state index contributed by atoms with van der Waals surface area (Å²) < 4.78 is 52.9. The number of carbonyl (C=O) groups excluding carboxylic acids is 2. The fraction of sp³-hybridized carbons (Fsp3) is 0.345. The number of hydrogen-bond acceptors (Lipinski definition) is 4. The zero-order valence-electron chi connectivity index (χ0n) is 38.0. The Morgan fingerprint density at radius 2 is 0.851 bits per heavy atom. The van der Waals surface area contributed by atoms with Gasteiger partial charge in [-0.25, -0.2) is 17.6 Å². The molecule has 0 bridgehead atoms. The minimum Gasteiger partial charge on any atom is -0.317 e. The third-order valence-electron chi connectivity index (χ3n) is 14.7. The number of Topliss-reactive ketones (excluding diaryl/α,β-unsaturated/α-hetero) is 2. The van der Waals surface area contributed by atoms with Crippen molar-refractivity contribution in [1.82, 2.24) is 10.2 Å². The molecular formula is C58H59ClF4N2O2. The van der Waals surface area contributed by atoms with E-state index in [1.165, 1.54) is 70.8 Å². The predicted octanol–water partition coefficient (Wildman–Crippen LogP) is 12.6. The van der Waals surface area contributed by atoms with E-state index in [-0.39, 0.29) is 45.9 Å². The van der Waals surface area contributed by atoms with Crippen molar-refractivity contribution in [3.05, 3.63) is 213 Å². The van der Waals surface area contributed by atoms with Crippen molar-refractivity contribution in [2.24, 2.45) is 0 Å². The first-order valence-electron chi connectivity index (χ1n) is 23.8. The minimum atomic E-state index is -0.280. The second-order valence-electron chi connectivity index (χ2n) is 18.6. The van der Waals surface area contributed by atoms with Crippen molar-refractivity contribution in [1.29, 1.82) is 0 Å². The average molecular weight is 928 g/mol. The number of likely N-dealkylation sites (tertiary alicyclic amines) is 1. The van der Waals surface area contributed by atoms with Crippen molar-refractivity contribution in [2.45, 2.75) is 86.9 Å². The molecule has 2 aliphatic heterocycles. The summed E-state index contributed by atoms with van der Waals surface area (Å²) in [5, 5.41) is 3.34. The van der Waals surface area contributed by atoms with E-state index in [2.05, 4.69) is 46.6 Å². The number of piperidine rings is 2. The van der Waals surface area contributed by atoms with Crippen molar-refractivity contribution in [3.63, 3.8) is 0 Å². The summed E-state index contributed by atoms with van der Waals surface area (Å²) in [6.07, 6.45) is 8.57. The molecule has 0 unspecified atom stereocenters. The topological polar surface area (TPSA) is 49.4 Å². The number of alkyl halides is 1. The Hall–Kier alpha value is -5.41. The number of halogens is 5. The molecule has 2 aliphatic carbocycles. The highest BCUT2D eigenvalue weighted by molar-refractivity contribution is 6.17. The quantitative estimate of drug-likeness (QED) is 0.104. The maximum absolute atomic E-state index is 13.5. The van der Waals surface area contributed by atoms with Gasteiger partial charge in [-0.3, -0.25) is 9.59 Å². The lowest BCUT2D eigenvalue weighted by atomic mass is 9.73. The monoisotopic (exact) mass is 926 g/mol. The standard InChI is InChI=1S/C29H29F2NO.C16H15ClF2.C13H15NO/c30-24-11-7-21(8-12-24)26(22-9-13-25(31)14-10-22)5-3-17-32-18-15-29(16-19-32)27-6-2-1-4-23(27)20-28(29)33;17-11-1-2-16(12-3-7-14(18)8-4-12)13-5-9-15(19)10-6-13;15-12-9-10-3-1-2-4-11(10)13(12)5-7-14-8-6-13/h1-2,4,6-14,26H,3,5,15-20H2;3-10,16H,1-2,11H2;1-4,14H,5-9H2. The van der Waals surface area contributed by atoms with Gasteiger partial charge in [0.2, 0.25) is 0 Å². The molecule has 10 rings (SSSR count). The molecule has 2 fully saturated rings. The van der Waals surface area contributed by atoms with Crippen LogP contribution in [-0.2, 0) is 33.3 Å². The number of rotatable bonds is 11. The van der Waals surface area contributed by atoms with Crippen LogP contribution in [0.15, 0.2) is 146 Å². The van der Waals surface area contributed by atoms with Gasteiger partial charge in [-0.1, -0.05) is 97.1 Å². The molecular weight excluding hydrogens is 868 g/mol. The zero-order chi connectivity index (χ0) is 46.8. The van der Waals surface area contributed by atoms with Crippen LogP contribution < -0.4 is 5.32 Å². The van der Waals surface area contributed by atoms with Gasteiger partial charge in [-0.05, 0) is 177 Å². The molecule has 2 saturated heterocycles. The molecule has 67 heavy (non-hydrogen) atoms. The lowest BCUT2D eigenvalue weighted by molar-refractivity contribution is -0.125. The smallest absolute Gasteiger partial charge is 0.147 e. The van der Waals surface area contributed by atoms with Crippen molar-refractivity contribution in [2.75, 3.05) is 38.6 Å². The maximum Gasteiger partial charge on any atom is 0.147 e. The number of nitrogens with zero attached hydrogens (tertiary/aromatic N) is 1. The Kier molecular flexibility index (Phi) is 15.9. The van der Waals surface area contributed by atoms with Crippen LogP contribution in [0.25, 0.3) is 0 Å². The molecule has 9 heteroatoms. The van der Waals surface area contributed by atoms with Crippen molar-refractivity contribution >= 4 is 23.2 Å². The first-order valence-corrected chi connectivity index (χ1v) is 24.4. The van der Waals surface area contributed by atoms with E-state index >= 15 is 0 Å². The second-order valence-corrected chi connectivity index (χ2v) is 18.9. The highest BCUT2D eigenvalue weighted by Crippen LogP contribution is 2.45. The van der Waals surface area contributed by atoms with Gasteiger partial charge in [0.25, 0.3) is 0 Å². The summed E-state index contributed by atoms with van der Waals surface area (Å²) in [6, 6.07) is 42.9. The van der Waals surface area contributed by atoms with E-state index in [9.17, 15) is 27.2 Å². The molecule has 0 radical (unpaired) electrons. The molecule has 0 aromatic heterocycles. The third-order valence-corrected chi connectivity index (χ3v) is 15.0. The predicted molar refractivity (Wildman–Crippen MR) is 260 cm³/mol. The number of carbonyl (C=O) groups is 2. The Morgan fingerprint density at radius 1 is 0.493 bits per heavy atom. The summed E-state index contributed by atoms with van der Waals surface area (Å²) in [5.41, 5.74) is 8.75. The fourth-order valence-corrected chi connectivity index (χ4v) is 11.2. The fourth-order valence-electron chi connectivity index (χ4n) is 11.0. The normalized spacial score (nSPS) is 16.9. The number of hydrogen-bond donors (Lipinski definition) is 1. The van der Waals surface area contributed by atoms with Crippen molar-refractivity contribution < 1.29 is 27.2 Å². The molecule has 6 aromatic carbocycles. The molecule has 2 spiro atoms. The Balaban J connectivity index is 0.000000151. The van der Waals surface area contributed by atoms with Crippen LogP contribution in [0.1, 0.15) is 108 Å². The largest absolute Gasteiger partial charge is 0.317 e. The lowest BCUT2D eigenvalue weighted by Crippen LogP contribution is -2.45. The van der Waals surface area contributed by atoms with Gasteiger partial charge in [0.15, 0.2) is 0 Å².